The summed E-state index contributed by atoms with van der Waals surface area (Å²) in [6.45, 7) is 11.1. The minimum absolute atomic E-state index is 0.520. The van der Waals surface area contributed by atoms with E-state index in [0.29, 0.717) is 0 Å². The Morgan fingerprint density at radius 2 is 1.47 bits per heavy atom. The maximum absolute atomic E-state index is 12.7. The molecule has 0 heterocycles. The molecule has 0 radical (unpaired) electrons. The fourth-order valence-corrected chi connectivity index (χ4v) is 6.48. The van der Waals surface area contributed by atoms with E-state index in [9.17, 15) is 13.2 Å². The number of hydrogen-bond acceptors (Lipinski definition) is 0. The van der Waals surface area contributed by atoms with Crippen molar-refractivity contribution in [1.29, 1.82) is 0 Å². The van der Waals surface area contributed by atoms with E-state index in [1.807, 2.05) is 6.07 Å². The maximum atomic E-state index is 12.7. The van der Waals surface area contributed by atoms with Crippen LogP contribution in [0.15, 0.2) is 24.3 Å². The summed E-state index contributed by atoms with van der Waals surface area (Å²) in [7, 11) is -3.19. The van der Waals surface area contributed by atoms with Gasteiger partial charge in [-0.05, 0) is 0 Å². The number of alkyl halides is 3. The molecule has 0 atom stereocenters. The van der Waals surface area contributed by atoms with Gasteiger partial charge in [0.2, 0.25) is 0 Å². The quantitative estimate of drug-likeness (QED) is 0.715. The SMILES string of the molecule is C[Si](C)(C)[Si](C)(C)c1cccc(C(F)(F)F)c1. The predicted molar refractivity (Wildman–Crippen MR) is 71.9 cm³/mol. The van der Waals surface area contributed by atoms with Gasteiger partial charge < -0.3 is 0 Å². The molecule has 1 rings (SSSR count). The van der Waals surface area contributed by atoms with Crippen molar-refractivity contribution in [2.24, 2.45) is 0 Å². The highest BCUT2D eigenvalue weighted by molar-refractivity contribution is 7.45. The average molecular weight is 276 g/mol. The third kappa shape index (κ3) is 3.01. The van der Waals surface area contributed by atoms with Crippen molar-refractivity contribution in [3.63, 3.8) is 0 Å². The highest BCUT2D eigenvalue weighted by Crippen LogP contribution is 2.29. The van der Waals surface area contributed by atoms with Crippen LogP contribution < -0.4 is 5.19 Å². The van der Waals surface area contributed by atoms with Crippen LogP contribution in [0, 0.1) is 0 Å². The molecule has 0 fully saturated rings. The van der Waals surface area contributed by atoms with Gasteiger partial charge in [-0.25, -0.2) is 0 Å². The highest BCUT2D eigenvalue weighted by Gasteiger charge is 2.39. The van der Waals surface area contributed by atoms with Crippen LogP contribution in [0.1, 0.15) is 5.56 Å². The molecular weight excluding hydrogens is 257 g/mol. The maximum Gasteiger partial charge on any atom is 0.416 e. The van der Waals surface area contributed by atoms with Crippen molar-refractivity contribution in [3.8, 4) is 0 Å². The Hall–Kier alpha value is -0.556. The Balaban J connectivity index is 3.26. The van der Waals surface area contributed by atoms with Crippen molar-refractivity contribution < 1.29 is 13.2 Å². The first-order chi connectivity index (χ1) is 7.46. The summed E-state index contributed by atoms with van der Waals surface area (Å²) < 4.78 is 38.0. The van der Waals surface area contributed by atoms with Crippen molar-refractivity contribution in [1.82, 2.24) is 0 Å². The zero-order valence-electron chi connectivity index (χ0n) is 10.9. The molecule has 0 aliphatic carbocycles. The average Bonchev–Trinajstić information content (AvgIpc) is 2.15. The lowest BCUT2D eigenvalue weighted by Crippen LogP contribution is -2.61. The molecule has 96 valence electrons. The van der Waals surface area contributed by atoms with E-state index in [4.69, 9.17) is 0 Å². The van der Waals surface area contributed by atoms with Gasteiger partial charge in [-0.1, -0.05) is 62.2 Å². The van der Waals surface area contributed by atoms with Crippen LogP contribution >= 0.6 is 0 Å². The van der Waals surface area contributed by atoms with Crippen LogP contribution in [-0.4, -0.2) is 15.2 Å². The smallest absolute Gasteiger partial charge is 0.166 e. The van der Waals surface area contributed by atoms with Crippen LogP contribution in [0.4, 0.5) is 13.2 Å². The molecule has 17 heavy (non-hydrogen) atoms. The second kappa shape index (κ2) is 4.28. The van der Waals surface area contributed by atoms with Crippen molar-refractivity contribution in [3.05, 3.63) is 29.8 Å². The molecule has 1 aromatic carbocycles. The van der Waals surface area contributed by atoms with Crippen molar-refractivity contribution in [2.75, 3.05) is 0 Å². The van der Waals surface area contributed by atoms with Crippen LogP contribution in [0.3, 0.4) is 0 Å². The Morgan fingerprint density at radius 3 is 1.88 bits per heavy atom. The first kappa shape index (κ1) is 14.5. The van der Waals surface area contributed by atoms with Gasteiger partial charge in [0.1, 0.15) is 0 Å². The second-order valence-corrected chi connectivity index (χ2v) is 22.5. The summed E-state index contributed by atoms with van der Waals surface area (Å²) in [4.78, 5) is 0. The lowest BCUT2D eigenvalue weighted by atomic mass is 10.2. The van der Waals surface area contributed by atoms with Gasteiger partial charge in [0.15, 0.2) is 0 Å². The van der Waals surface area contributed by atoms with Gasteiger partial charge in [-0.3, -0.25) is 0 Å². The largest absolute Gasteiger partial charge is 0.416 e. The molecule has 0 aromatic heterocycles. The normalized spacial score (nSPS) is 13.9. The zero-order chi connectivity index (χ0) is 13.5. The monoisotopic (exact) mass is 276 g/mol. The molecule has 1 aromatic rings. The molecule has 0 N–H and O–H groups in total. The summed E-state index contributed by atoms with van der Waals surface area (Å²) in [5.74, 6) is 0. The van der Waals surface area contributed by atoms with E-state index < -0.39 is 26.9 Å². The number of rotatable bonds is 2. The molecule has 5 heteroatoms. The zero-order valence-corrected chi connectivity index (χ0v) is 12.9. The van der Waals surface area contributed by atoms with Crippen LogP contribution in [0.5, 0.6) is 0 Å². The van der Waals surface area contributed by atoms with Crippen molar-refractivity contribution in [2.45, 2.75) is 38.9 Å². The molecule has 0 amide bonds. The topological polar surface area (TPSA) is 0 Å². The van der Waals surface area contributed by atoms with Gasteiger partial charge in [-0.15, -0.1) is 0 Å². The minimum Gasteiger partial charge on any atom is -0.166 e. The number of hydrogen-bond donors (Lipinski definition) is 0. The molecule has 0 aliphatic rings. The van der Waals surface area contributed by atoms with Crippen LogP contribution in [-0.2, 0) is 6.18 Å². The van der Waals surface area contributed by atoms with Crippen LogP contribution in [0.2, 0.25) is 32.7 Å². The molecule has 0 unspecified atom stereocenters. The van der Waals surface area contributed by atoms with E-state index in [1.54, 1.807) is 0 Å². The molecule has 0 saturated heterocycles. The summed E-state index contributed by atoms with van der Waals surface area (Å²) in [5.41, 5.74) is -0.520. The molecular formula is C12H19F3Si2. The standard InChI is InChI=1S/C12H19F3Si2/c1-16(2,3)17(4,5)11-8-6-7-10(9-11)12(13,14)15/h6-9H,1-5H3. The van der Waals surface area contributed by atoms with E-state index in [0.717, 1.165) is 11.3 Å². The number of halogens is 3. The molecule has 0 bridgehead atoms. The third-order valence-corrected chi connectivity index (χ3v) is 21.4. The Bertz CT molecular complexity index is 403. The summed E-state index contributed by atoms with van der Waals surface area (Å²) in [6, 6.07) is 5.90. The Kier molecular flexibility index (Phi) is 3.65. The fourth-order valence-electron chi connectivity index (χ4n) is 1.52. The molecule has 0 spiro atoms. The third-order valence-electron chi connectivity index (χ3n) is 3.79. The first-order valence-electron chi connectivity index (χ1n) is 5.64. The van der Waals surface area contributed by atoms with Gasteiger partial charge in [0.05, 0.1) is 13.2 Å². The Morgan fingerprint density at radius 1 is 0.941 bits per heavy atom. The number of benzene rings is 1. The van der Waals surface area contributed by atoms with Gasteiger partial charge in [0, 0.05) is 7.59 Å². The molecule has 0 aliphatic heterocycles. The van der Waals surface area contributed by atoms with Gasteiger partial charge in [0.25, 0.3) is 0 Å². The second-order valence-electron chi connectivity index (χ2n) is 5.95. The van der Waals surface area contributed by atoms with E-state index in [1.165, 1.54) is 12.1 Å². The summed E-state index contributed by atoms with van der Waals surface area (Å²) in [5, 5.41) is 0.923. The van der Waals surface area contributed by atoms with E-state index in [2.05, 4.69) is 32.7 Å². The fraction of sp³-hybridized carbons (Fsp3) is 0.500. The van der Waals surface area contributed by atoms with Gasteiger partial charge >= 0.3 is 6.18 Å². The molecule has 0 saturated carbocycles. The van der Waals surface area contributed by atoms with Gasteiger partial charge in [-0.2, -0.15) is 13.2 Å². The van der Waals surface area contributed by atoms with E-state index >= 15 is 0 Å². The predicted octanol–water partition coefficient (Wildman–Crippen LogP) is 4.04. The lowest BCUT2D eigenvalue weighted by molar-refractivity contribution is -0.137. The minimum atomic E-state index is -4.24. The summed E-state index contributed by atoms with van der Waals surface area (Å²) in [6.07, 6.45) is -4.24. The van der Waals surface area contributed by atoms with E-state index in [-0.39, 0.29) is 0 Å². The highest BCUT2D eigenvalue weighted by atomic mass is 29.3. The lowest BCUT2D eigenvalue weighted by Gasteiger charge is -2.36. The van der Waals surface area contributed by atoms with Crippen LogP contribution in [0.25, 0.3) is 0 Å². The van der Waals surface area contributed by atoms with Crippen molar-refractivity contribution >= 4 is 20.4 Å². The first-order valence-corrected chi connectivity index (χ1v) is 13.1. The summed E-state index contributed by atoms with van der Waals surface area (Å²) >= 11 is 0. The Labute approximate surface area is 103 Å². The molecule has 0 nitrogen and oxygen atoms in total.